The number of alkyl halides is 3. The summed E-state index contributed by atoms with van der Waals surface area (Å²) >= 11 is 0. The van der Waals surface area contributed by atoms with E-state index in [0.717, 1.165) is 36.8 Å². The minimum atomic E-state index is -4.71. The van der Waals surface area contributed by atoms with Crippen LogP contribution in [0.1, 0.15) is 58.9 Å². The van der Waals surface area contributed by atoms with Gasteiger partial charge in [0.15, 0.2) is 5.69 Å². The Balaban J connectivity index is 1.34. The SMILES string of the molecule is COc1ccc(Cn2nnc(C(=O)O)c2CO[C@H]2CC[C@H](c3ccc(OC(F)(F)F)cc3)CC2)cc1. The predicted molar refractivity (Wildman–Crippen MR) is 122 cm³/mol. The zero-order valence-electron chi connectivity index (χ0n) is 19.6. The highest BCUT2D eigenvalue weighted by atomic mass is 19.4. The Morgan fingerprint density at radius 2 is 1.67 bits per heavy atom. The van der Waals surface area contributed by atoms with E-state index in [0.29, 0.717) is 18.0 Å². The van der Waals surface area contributed by atoms with Gasteiger partial charge in [0, 0.05) is 0 Å². The number of hydrogen-bond donors (Lipinski definition) is 1. The van der Waals surface area contributed by atoms with Crippen LogP contribution in [0.4, 0.5) is 13.2 Å². The van der Waals surface area contributed by atoms with E-state index in [9.17, 15) is 23.1 Å². The first kappa shape index (κ1) is 25.5. The zero-order chi connectivity index (χ0) is 25.7. The summed E-state index contributed by atoms with van der Waals surface area (Å²) in [5, 5.41) is 17.4. The Hall–Kier alpha value is -3.60. The highest BCUT2D eigenvalue weighted by molar-refractivity contribution is 5.86. The topological polar surface area (TPSA) is 95.7 Å². The first-order chi connectivity index (χ1) is 17.2. The van der Waals surface area contributed by atoms with Crippen molar-refractivity contribution in [1.82, 2.24) is 15.0 Å². The second-order valence-corrected chi connectivity index (χ2v) is 8.60. The molecular weight excluding hydrogens is 479 g/mol. The molecule has 0 aliphatic heterocycles. The van der Waals surface area contributed by atoms with E-state index in [2.05, 4.69) is 15.0 Å². The first-order valence-electron chi connectivity index (χ1n) is 11.5. The van der Waals surface area contributed by atoms with Crippen molar-refractivity contribution in [3.8, 4) is 11.5 Å². The average molecular weight is 505 g/mol. The molecule has 0 spiro atoms. The number of ether oxygens (including phenoxy) is 3. The van der Waals surface area contributed by atoms with Gasteiger partial charge in [-0.15, -0.1) is 18.3 Å². The molecule has 36 heavy (non-hydrogen) atoms. The first-order valence-corrected chi connectivity index (χ1v) is 11.5. The number of methoxy groups -OCH3 is 1. The molecule has 2 aromatic carbocycles. The summed E-state index contributed by atoms with van der Waals surface area (Å²) in [6, 6.07) is 13.4. The lowest BCUT2D eigenvalue weighted by atomic mass is 9.83. The molecule has 192 valence electrons. The van der Waals surface area contributed by atoms with Crippen molar-refractivity contribution < 1.29 is 37.3 Å². The molecule has 0 bridgehead atoms. The minimum Gasteiger partial charge on any atom is -0.497 e. The summed E-state index contributed by atoms with van der Waals surface area (Å²) in [4.78, 5) is 11.7. The van der Waals surface area contributed by atoms with Crippen molar-refractivity contribution >= 4 is 5.97 Å². The predicted octanol–water partition coefficient (Wildman–Crippen LogP) is 5.17. The number of rotatable bonds is 9. The Morgan fingerprint density at radius 1 is 1.03 bits per heavy atom. The van der Waals surface area contributed by atoms with Gasteiger partial charge in [-0.1, -0.05) is 29.5 Å². The highest BCUT2D eigenvalue weighted by Crippen LogP contribution is 2.35. The Kier molecular flexibility index (Phi) is 7.78. The number of carboxylic acids is 1. The van der Waals surface area contributed by atoms with Crippen LogP contribution >= 0.6 is 0 Å². The van der Waals surface area contributed by atoms with Gasteiger partial charge in [-0.3, -0.25) is 0 Å². The van der Waals surface area contributed by atoms with Gasteiger partial charge in [0.05, 0.1) is 32.1 Å². The second kappa shape index (κ2) is 11.0. The van der Waals surface area contributed by atoms with Crippen LogP contribution in [0.2, 0.25) is 0 Å². The van der Waals surface area contributed by atoms with Crippen LogP contribution in [0.3, 0.4) is 0 Å². The Bertz CT molecular complexity index is 1160. The van der Waals surface area contributed by atoms with Crippen LogP contribution in [-0.2, 0) is 17.9 Å². The number of aromatic nitrogens is 3. The molecule has 1 heterocycles. The third-order valence-electron chi connectivity index (χ3n) is 6.25. The van der Waals surface area contributed by atoms with Crippen molar-refractivity contribution in [3.05, 3.63) is 71.0 Å². The van der Waals surface area contributed by atoms with Crippen molar-refractivity contribution in [1.29, 1.82) is 0 Å². The second-order valence-electron chi connectivity index (χ2n) is 8.60. The Morgan fingerprint density at radius 3 is 2.25 bits per heavy atom. The summed E-state index contributed by atoms with van der Waals surface area (Å²) < 4.78 is 53.8. The number of halogens is 3. The van der Waals surface area contributed by atoms with Crippen molar-refractivity contribution in [2.45, 2.75) is 57.2 Å². The molecule has 1 aromatic heterocycles. The van der Waals surface area contributed by atoms with E-state index in [1.165, 1.54) is 16.8 Å². The molecule has 4 rings (SSSR count). The number of aromatic carboxylic acids is 1. The lowest BCUT2D eigenvalue weighted by molar-refractivity contribution is -0.274. The van der Waals surface area contributed by atoms with Gasteiger partial charge in [0.1, 0.15) is 11.5 Å². The number of hydrogen-bond acceptors (Lipinski definition) is 6. The number of carbonyl (C=O) groups is 1. The van der Waals surface area contributed by atoms with Crippen LogP contribution in [0.15, 0.2) is 48.5 Å². The molecule has 1 aliphatic rings. The average Bonchev–Trinajstić information content (AvgIpc) is 3.26. The molecule has 0 saturated heterocycles. The summed E-state index contributed by atoms with van der Waals surface area (Å²) in [6.07, 6.45) is -1.68. The van der Waals surface area contributed by atoms with Gasteiger partial charge in [-0.25, -0.2) is 9.48 Å². The fourth-order valence-corrected chi connectivity index (χ4v) is 4.37. The van der Waals surface area contributed by atoms with E-state index in [1.54, 1.807) is 19.2 Å². The quantitative estimate of drug-likeness (QED) is 0.428. The van der Waals surface area contributed by atoms with E-state index in [4.69, 9.17) is 9.47 Å². The van der Waals surface area contributed by atoms with Crippen LogP contribution in [0, 0.1) is 0 Å². The summed E-state index contributed by atoms with van der Waals surface area (Å²) in [6.45, 7) is 0.396. The number of nitrogens with zero attached hydrogens (tertiary/aromatic N) is 3. The fourth-order valence-electron chi connectivity index (χ4n) is 4.37. The number of benzene rings is 2. The third-order valence-corrected chi connectivity index (χ3v) is 6.25. The van der Waals surface area contributed by atoms with Gasteiger partial charge in [-0.2, -0.15) is 0 Å². The molecule has 1 aliphatic carbocycles. The molecule has 3 aromatic rings. The van der Waals surface area contributed by atoms with E-state index < -0.39 is 12.3 Å². The standard InChI is InChI=1S/C25H26F3N3O5/c1-34-19-8-2-16(3-9-19)14-31-22(23(24(32)33)29-30-31)15-35-20-10-4-17(5-11-20)18-6-12-21(13-7-18)36-25(26,27)28/h2-3,6-9,12-13,17,20H,4-5,10-11,14-15H2,1H3,(H,32,33)/t17-,20-. The van der Waals surface area contributed by atoms with E-state index >= 15 is 0 Å². The van der Waals surface area contributed by atoms with E-state index in [1.807, 2.05) is 24.3 Å². The van der Waals surface area contributed by atoms with Gasteiger partial charge in [0.2, 0.25) is 0 Å². The molecule has 8 nitrogen and oxygen atoms in total. The molecule has 0 amide bonds. The van der Waals surface area contributed by atoms with Crippen molar-refractivity contribution in [2.24, 2.45) is 0 Å². The summed E-state index contributed by atoms with van der Waals surface area (Å²) in [5.41, 5.74) is 2.11. The molecule has 11 heteroatoms. The monoisotopic (exact) mass is 505 g/mol. The van der Waals surface area contributed by atoms with Crippen LogP contribution in [0.25, 0.3) is 0 Å². The molecule has 0 atom stereocenters. The molecule has 0 unspecified atom stereocenters. The van der Waals surface area contributed by atoms with Crippen LogP contribution in [0.5, 0.6) is 11.5 Å². The summed E-state index contributed by atoms with van der Waals surface area (Å²) in [5.74, 6) is -0.483. The van der Waals surface area contributed by atoms with Crippen LogP contribution in [-0.4, -0.2) is 45.6 Å². The Labute approximate surface area is 205 Å². The molecule has 1 N–H and O–H groups in total. The third kappa shape index (κ3) is 6.54. The van der Waals surface area contributed by atoms with Gasteiger partial charge in [0.25, 0.3) is 0 Å². The number of carboxylic acid groups (broad SMARTS) is 1. The molecule has 1 fully saturated rings. The van der Waals surface area contributed by atoms with Crippen molar-refractivity contribution in [2.75, 3.05) is 7.11 Å². The lowest BCUT2D eigenvalue weighted by Crippen LogP contribution is -2.22. The zero-order valence-corrected chi connectivity index (χ0v) is 19.6. The largest absolute Gasteiger partial charge is 0.573 e. The maximum atomic E-state index is 12.4. The molecule has 1 saturated carbocycles. The highest BCUT2D eigenvalue weighted by Gasteiger charge is 2.31. The fraction of sp³-hybridized carbons (Fsp3) is 0.400. The maximum Gasteiger partial charge on any atom is 0.573 e. The van der Waals surface area contributed by atoms with Crippen molar-refractivity contribution in [3.63, 3.8) is 0 Å². The molecular formula is C25H26F3N3O5. The van der Waals surface area contributed by atoms with Gasteiger partial charge < -0.3 is 19.3 Å². The van der Waals surface area contributed by atoms with Gasteiger partial charge in [-0.05, 0) is 67.0 Å². The maximum absolute atomic E-state index is 12.4. The molecule has 0 radical (unpaired) electrons. The van der Waals surface area contributed by atoms with Gasteiger partial charge >= 0.3 is 12.3 Å². The smallest absolute Gasteiger partial charge is 0.497 e. The normalized spacial score (nSPS) is 18.1. The minimum absolute atomic E-state index is 0.0591. The summed E-state index contributed by atoms with van der Waals surface area (Å²) in [7, 11) is 1.58. The van der Waals surface area contributed by atoms with Crippen LogP contribution < -0.4 is 9.47 Å². The van der Waals surface area contributed by atoms with E-state index in [-0.39, 0.29) is 30.1 Å². The lowest BCUT2D eigenvalue weighted by Gasteiger charge is -2.29.